The van der Waals surface area contributed by atoms with Crippen molar-refractivity contribution in [1.82, 2.24) is 9.55 Å². The van der Waals surface area contributed by atoms with Crippen LogP contribution in [0.2, 0.25) is 0 Å². The van der Waals surface area contributed by atoms with E-state index in [1.807, 2.05) is 0 Å². The third-order valence-corrected chi connectivity index (χ3v) is 5.62. The number of nitrogens with zero attached hydrogens (tertiary/aromatic N) is 2. The summed E-state index contributed by atoms with van der Waals surface area (Å²) in [4.78, 5) is 4.77. The zero-order chi connectivity index (χ0) is 13.9. The number of alkyl halides is 1. The van der Waals surface area contributed by atoms with E-state index in [1.54, 1.807) is 0 Å². The standard InChI is InChI=1S/C15H18BrClN2S/c16-12-1-2-14-13(9-12)18-15(3-6-17)19(14)10-11-4-7-20-8-5-11/h1-2,9,11H,3-8,10H2. The number of hydrogen-bond acceptors (Lipinski definition) is 2. The van der Waals surface area contributed by atoms with Crippen LogP contribution in [0.15, 0.2) is 22.7 Å². The predicted molar refractivity (Wildman–Crippen MR) is 91.9 cm³/mol. The first-order valence-electron chi connectivity index (χ1n) is 7.06. The topological polar surface area (TPSA) is 17.8 Å². The number of halogens is 2. The largest absolute Gasteiger partial charge is 0.328 e. The van der Waals surface area contributed by atoms with Gasteiger partial charge in [-0.25, -0.2) is 4.98 Å². The molecule has 1 fully saturated rings. The summed E-state index contributed by atoms with van der Waals surface area (Å²) in [6.45, 7) is 1.09. The number of imidazole rings is 1. The molecule has 1 saturated heterocycles. The first-order chi connectivity index (χ1) is 9.78. The Balaban J connectivity index is 1.95. The Hall–Kier alpha value is -0.190. The van der Waals surface area contributed by atoms with E-state index in [1.165, 1.54) is 29.9 Å². The molecule has 5 heteroatoms. The molecular weight excluding hydrogens is 356 g/mol. The molecule has 20 heavy (non-hydrogen) atoms. The quantitative estimate of drug-likeness (QED) is 0.721. The van der Waals surface area contributed by atoms with Crippen molar-refractivity contribution in [2.45, 2.75) is 25.8 Å². The smallest absolute Gasteiger partial charge is 0.111 e. The van der Waals surface area contributed by atoms with Gasteiger partial charge >= 0.3 is 0 Å². The maximum atomic E-state index is 5.94. The highest BCUT2D eigenvalue weighted by atomic mass is 79.9. The Morgan fingerprint density at radius 1 is 1.35 bits per heavy atom. The second-order valence-corrected chi connectivity index (χ2v) is 7.78. The van der Waals surface area contributed by atoms with Crippen LogP contribution in [-0.4, -0.2) is 26.9 Å². The van der Waals surface area contributed by atoms with E-state index in [4.69, 9.17) is 16.6 Å². The van der Waals surface area contributed by atoms with Crippen LogP contribution in [0.3, 0.4) is 0 Å². The number of aromatic nitrogens is 2. The minimum atomic E-state index is 0.630. The fraction of sp³-hybridized carbons (Fsp3) is 0.533. The molecule has 3 rings (SSSR count). The van der Waals surface area contributed by atoms with Gasteiger partial charge in [0.25, 0.3) is 0 Å². The van der Waals surface area contributed by atoms with Crippen LogP contribution in [0, 0.1) is 5.92 Å². The number of aryl methyl sites for hydroxylation is 1. The molecule has 0 saturated carbocycles. The molecule has 0 bridgehead atoms. The summed E-state index contributed by atoms with van der Waals surface area (Å²) in [5, 5.41) is 0. The lowest BCUT2D eigenvalue weighted by atomic mass is 10.0. The molecular formula is C15H18BrClN2S. The fourth-order valence-corrected chi connectivity index (χ4v) is 4.54. The SMILES string of the molecule is ClCCc1nc2cc(Br)ccc2n1CC1CCSCC1. The van der Waals surface area contributed by atoms with Gasteiger partial charge in [-0.15, -0.1) is 11.6 Å². The summed E-state index contributed by atoms with van der Waals surface area (Å²) >= 11 is 11.5. The number of benzene rings is 1. The van der Waals surface area contributed by atoms with Gasteiger partial charge in [-0.3, -0.25) is 0 Å². The van der Waals surface area contributed by atoms with Gasteiger partial charge in [0.2, 0.25) is 0 Å². The average Bonchev–Trinajstić information content (AvgIpc) is 2.77. The maximum absolute atomic E-state index is 5.94. The van der Waals surface area contributed by atoms with Gasteiger partial charge < -0.3 is 4.57 Å². The third kappa shape index (κ3) is 3.18. The Labute approximate surface area is 137 Å². The van der Waals surface area contributed by atoms with Crippen molar-refractivity contribution < 1.29 is 0 Å². The summed E-state index contributed by atoms with van der Waals surface area (Å²) in [7, 11) is 0. The van der Waals surface area contributed by atoms with Crippen LogP contribution in [0.4, 0.5) is 0 Å². The molecule has 0 N–H and O–H groups in total. The number of rotatable bonds is 4. The lowest BCUT2D eigenvalue weighted by Gasteiger charge is -2.23. The van der Waals surface area contributed by atoms with Crippen LogP contribution >= 0.6 is 39.3 Å². The van der Waals surface area contributed by atoms with E-state index in [0.29, 0.717) is 5.88 Å². The van der Waals surface area contributed by atoms with Crippen LogP contribution in [0.1, 0.15) is 18.7 Å². The van der Waals surface area contributed by atoms with Crippen molar-refractivity contribution in [3.05, 3.63) is 28.5 Å². The molecule has 0 spiro atoms. The minimum absolute atomic E-state index is 0.630. The van der Waals surface area contributed by atoms with Gasteiger partial charge in [0.05, 0.1) is 11.0 Å². The highest BCUT2D eigenvalue weighted by molar-refractivity contribution is 9.10. The van der Waals surface area contributed by atoms with E-state index in [9.17, 15) is 0 Å². The molecule has 2 heterocycles. The Morgan fingerprint density at radius 3 is 2.90 bits per heavy atom. The van der Waals surface area contributed by atoms with Crippen LogP contribution in [0.5, 0.6) is 0 Å². The lowest BCUT2D eigenvalue weighted by molar-refractivity contribution is 0.416. The number of thioether (sulfide) groups is 1. The second-order valence-electron chi connectivity index (χ2n) is 5.27. The molecule has 1 aromatic heterocycles. The maximum Gasteiger partial charge on any atom is 0.111 e. The average molecular weight is 374 g/mol. The van der Waals surface area contributed by atoms with Crippen molar-refractivity contribution >= 4 is 50.3 Å². The molecule has 0 aliphatic carbocycles. The van der Waals surface area contributed by atoms with Gasteiger partial charge in [0, 0.05) is 23.3 Å². The summed E-state index contributed by atoms with van der Waals surface area (Å²) in [6, 6.07) is 6.36. The van der Waals surface area contributed by atoms with Crippen molar-refractivity contribution in [3.63, 3.8) is 0 Å². The fourth-order valence-electron chi connectivity index (χ4n) is 2.82. The van der Waals surface area contributed by atoms with Gasteiger partial charge in [-0.1, -0.05) is 15.9 Å². The normalized spacial score (nSPS) is 16.9. The zero-order valence-electron chi connectivity index (χ0n) is 11.3. The van der Waals surface area contributed by atoms with Gasteiger partial charge in [0.15, 0.2) is 0 Å². The first-order valence-corrected chi connectivity index (χ1v) is 9.54. The monoisotopic (exact) mass is 372 g/mol. The lowest BCUT2D eigenvalue weighted by Crippen LogP contribution is -2.18. The van der Waals surface area contributed by atoms with Crippen LogP contribution < -0.4 is 0 Å². The van der Waals surface area contributed by atoms with E-state index in [0.717, 1.165) is 34.7 Å². The highest BCUT2D eigenvalue weighted by Crippen LogP contribution is 2.27. The number of hydrogen-bond donors (Lipinski definition) is 0. The summed E-state index contributed by atoms with van der Waals surface area (Å²) in [5.74, 6) is 5.14. The summed E-state index contributed by atoms with van der Waals surface area (Å²) in [5.41, 5.74) is 2.32. The summed E-state index contributed by atoms with van der Waals surface area (Å²) in [6.07, 6.45) is 3.48. The van der Waals surface area contributed by atoms with E-state index < -0.39 is 0 Å². The summed E-state index contributed by atoms with van der Waals surface area (Å²) < 4.78 is 3.48. The molecule has 108 valence electrons. The predicted octanol–water partition coefficient (Wildman–Crippen LogP) is 4.72. The van der Waals surface area contributed by atoms with Gasteiger partial charge in [0.1, 0.15) is 5.82 Å². The Morgan fingerprint density at radius 2 is 2.15 bits per heavy atom. The van der Waals surface area contributed by atoms with Gasteiger partial charge in [-0.2, -0.15) is 11.8 Å². The zero-order valence-corrected chi connectivity index (χ0v) is 14.5. The third-order valence-electron chi connectivity index (χ3n) is 3.89. The second kappa shape index (κ2) is 6.71. The van der Waals surface area contributed by atoms with Crippen LogP contribution in [0.25, 0.3) is 11.0 Å². The molecule has 0 radical (unpaired) electrons. The van der Waals surface area contributed by atoms with E-state index >= 15 is 0 Å². The van der Waals surface area contributed by atoms with Gasteiger partial charge in [-0.05, 0) is 48.5 Å². The molecule has 1 aliphatic heterocycles. The molecule has 1 aliphatic rings. The van der Waals surface area contributed by atoms with Crippen molar-refractivity contribution in [2.75, 3.05) is 17.4 Å². The number of fused-ring (bicyclic) bond motifs is 1. The van der Waals surface area contributed by atoms with Crippen molar-refractivity contribution in [1.29, 1.82) is 0 Å². The Bertz CT molecular complexity index is 593. The van der Waals surface area contributed by atoms with Crippen molar-refractivity contribution in [3.8, 4) is 0 Å². The molecule has 0 amide bonds. The highest BCUT2D eigenvalue weighted by Gasteiger charge is 2.18. The van der Waals surface area contributed by atoms with Crippen LogP contribution in [-0.2, 0) is 13.0 Å². The Kier molecular flexibility index (Phi) is 4.95. The molecule has 2 nitrogen and oxygen atoms in total. The molecule has 0 unspecified atom stereocenters. The van der Waals surface area contributed by atoms with E-state index in [2.05, 4.69) is 50.5 Å². The van der Waals surface area contributed by atoms with E-state index in [-0.39, 0.29) is 0 Å². The first kappa shape index (κ1) is 14.7. The molecule has 0 atom stereocenters. The van der Waals surface area contributed by atoms with Crippen molar-refractivity contribution in [2.24, 2.45) is 5.92 Å². The minimum Gasteiger partial charge on any atom is -0.328 e. The molecule has 1 aromatic carbocycles. The molecule has 2 aromatic rings.